The maximum atomic E-state index is 14.2. The minimum atomic E-state index is -0.919. The molecule has 2 aromatic carbocycles. The molecule has 2 unspecified atom stereocenters. The van der Waals surface area contributed by atoms with Crippen molar-refractivity contribution < 1.29 is 24.2 Å². The third-order valence-corrected chi connectivity index (χ3v) is 9.31. The Balaban J connectivity index is 1.38. The van der Waals surface area contributed by atoms with Gasteiger partial charge in [-0.2, -0.15) is 0 Å². The molecule has 41 heavy (non-hydrogen) atoms. The van der Waals surface area contributed by atoms with Crippen molar-refractivity contribution in [2.45, 2.75) is 51.3 Å². The van der Waals surface area contributed by atoms with Crippen LogP contribution in [0.1, 0.15) is 64.5 Å². The van der Waals surface area contributed by atoms with Crippen LogP contribution in [0.15, 0.2) is 47.1 Å². The lowest BCUT2D eigenvalue weighted by Gasteiger charge is -2.43. The van der Waals surface area contributed by atoms with Crippen LogP contribution in [-0.4, -0.2) is 60.8 Å². The SMILES string of the molecule is Cn1cc(COc2ccc(Br)c3c2[C@@H](CN2Cc4ccccc4C2=O)N(C(=O)C2CCCCC2C(=O)O)CC3)nn1. The fraction of sp³-hybridized carbons (Fsp3) is 0.433. The van der Waals surface area contributed by atoms with Crippen molar-refractivity contribution >= 4 is 33.7 Å². The summed E-state index contributed by atoms with van der Waals surface area (Å²) in [6.45, 7) is 1.35. The molecular weight excluding hydrogens is 590 g/mol. The Bertz CT molecular complexity index is 1510. The fourth-order valence-corrected chi connectivity index (χ4v) is 7.12. The second-order valence-corrected chi connectivity index (χ2v) is 11.9. The van der Waals surface area contributed by atoms with Gasteiger partial charge in [0.1, 0.15) is 18.1 Å². The molecule has 11 heteroatoms. The molecule has 1 N–H and O–H groups in total. The Labute approximate surface area is 246 Å². The van der Waals surface area contributed by atoms with Crippen LogP contribution < -0.4 is 4.74 Å². The van der Waals surface area contributed by atoms with Crippen LogP contribution in [-0.2, 0) is 36.2 Å². The number of rotatable bonds is 7. The maximum absolute atomic E-state index is 14.2. The Morgan fingerprint density at radius 1 is 1.12 bits per heavy atom. The number of carbonyl (C=O) groups excluding carboxylic acids is 2. The minimum Gasteiger partial charge on any atom is -0.487 e. The first kappa shape index (κ1) is 27.4. The molecule has 3 aliphatic rings. The van der Waals surface area contributed by atoms with Gasteiger partial charge in [0.2, 0.25) is 5.91 Å². The second-order valence-electron chi connectivity index (χ2n) is 11.1. The molecule has 0 bridgehead atoms. The highest BCUT2D eigenvalue weighted by molar-refractivity contribution is 9.10. The Hall–Kier alpha value is -3.73. The zero-order valence-corrected chi connectivity index (χ0v) is 24.4. The van der Waals surface area contributed by atoms with Gasteiger partial charge < -0.3 is 19.6 Å². The van der Waals surface area contributed by atoms with Crippen molar-refractivity contribution in [3.63, 3.8) is 0 Å². The van der Waals surface area contributed by atoms with Crippen LogP contribution in [0.3, 0.4) is 0 Å². The zero-order valence-electron chi connectivity index (χ0n) is 22.8. The van der Waals surface area contributed by atoms with Crippen LogP contribution in [0.2, 0.25) is 0 Å². The Morgan fingerprint density at radius 2 is 1.90 bits per heavy atom. The summed E-state index contributed by atoms with van der Waals surface area (Å²) >= 11 is 3.71. The van der Waals surface area contributed by atoms with Gasteiger partial charge >= 0.3 is 5.97 Å². The monoisotopic (exact) mass is 621 g/mol. The highest BCUT2D eigenvalue weighted by atomic mass is 79.9. The van der Waals surface area contributed by atoms with Crippen molar-refractivity contribution in [3.8, 4) is 5.75 Å². The number of benzene rings is 2. The molecule has 2 aliphatic heterocycles. The smallest absolute Gasteiger partial charge is 0.307 e. The number of nitrogens with zero attached hydrogens (tertiary/aromatic N) is 5. The number of carbonyl (C=O) groups is 3. The molecule has 0 saturated heterocycles. The topological polar surface area (TPSA) is 118 Å². The van der Waals surface area contributed by atoms with E-state index in [2.05, 4.69) is 26.2 Å². The number of halogens is 1. The number of aryl methyl sites for hydroxylation is 1. The summed E-state index contributed by atoms with van der Waals surface area (Å²) in [6, 6.07) is 10.9. The van der Waals surface area contributed by atoms with Crippen molar-refractivity contribution in [1.82, 2.24) is 24.8 Å². The van der Waals surface area contributed by atoms with E-state index in [-0.39, 0.29) is 25.0 Å². The number of fused-ring (bicyclic) bond motifs is 2. The van der Waals surface area contributed by atoms with E-state index in [1.807, 2.05) is 41.3 Å². The average Bonchev–Trinajstić information content (AvgIpc) is 3.54. The number of carboxylic acid groups (broad SMARTS) is 1. The van der Waals surface area contributed by atoms with Gasteiger partial charge in [-0.15, -0.1) is 5.10 Å². The van der Waals surface area contributed by atoms with Crippen LogP contribution >= 0.6 is 15.9 Å². The van der Waals surface area contributed by atoms with E-state index < -0.39 is 23.8 Å². The van der Waals surface area contributed by atoms with Gasteiger partial charge in [-0.25, -0.2) is 0 Å². The quantitative estimate of drug-likeness (QED) is 0.421. The van der Waals surface area contributed by atoms with Gasteiger partial charge in [-0.1, -0.05) is 52.2 Å². The number of ether oxygens (including phenoxy) is 1. The molecule has 6 rings (SSSR count). The van der Waals surface area contributed by atoms with Gasteiger partial charge in [-0.3, -0.25) is 19.1 Å². The van der Waals surface area contributed by atoms with Gasteiger partial charge in [0.05, 0.1) is 24.1 Å². The van der Waals surface area contributed by atoms with Gasteiger partial charge in [0, 0.05) is 42.3 Å². The molecule has 0 radical (unpaired) electrons. The highest BCUT2D eigenvalue weighted by Crippen LogP contribution is 2.43. The molecule has 1 fully saturated rings. The van der Waals surface area contributed by atoms with Crippen molar-refractivity contribution in [2.24, 2.45) is 18.9 Å². The van der Waals surface area contributed by atoms with Gasteiger partial charge in [-0.05, 0) is 48.6 Å². The summed E-state index contributed by atoms with van der Waals surface area (Å²) in [7, 11) is 1.79. The number of carboxylic acids is 1. The standard InChI is InChI=1S/C30H32BrN5O5/c1-34-15-19(32-33-34)17-41-26-11-10-24(31)23-12-13-36(29(38)21-8-4-5-9-22(21)30(39)40)25(27(23)26)16-35-14-18-6-2-3-7-20(18)28(35)37/h2-3,6-7,10-11,15,21-22,25H,4-5,8-9,12-14,16-17H2,1H3,(H,39,40)/t21?,22?,25-/m1/s1. The molecule has 1 saturated carbocycles. The maximum Gasteiger partial charge on any atom is 0.307 e. The lowest BCUT2D eigenvalue weighted by atomic mass is 9.77. The van der Waals surface area contributed by atoms with E-state index in [4.69, 9.17) is 4.74 Å². The highest BCUT2D eigenvalue weighted by Gasteiger charge is 2.44. The number of amides is 2. The first-order valence-corrected chi connectivity index (χ1v) is 14.8. The normalized spacial score (nSPS) is 21.9. The van der Waals surface area contributed by atoms with Crippen LogP contribution in [0, 0.1) is 11.8 Å². The zero-order chi connectivity index (χ0) is 28.7. The molecule has 1 aromatic heterocycles. The summed E-state index contributed by atoms with van der Waals surface area (Å²) < 4.78 is 8.82. The molecule has 3 atom stereocenters. The summed E-state index contributed by atoms with van der Waals surface area (Å²) in [5.74, 6) is -1.83. The Kier molecular flexibility index (Phi) is 7.54. The number of aliphatic carboxylic acids is 1. The number of hydrogen-bond acceptors (Lipinski definition) is 6. The Morgan fingerprint density at radius 3 is 2.63 bits per heavy atom. The van der Waals surface area contributed by atoms with Crippen molar-refractivity contribution in [3.05, 3.63) is 75.0 Å². The van der Waals surface area contributed by atoms with Gasteiger partial charge in [0.15, 0.2) is 0 Å². The lowest BCUT2D eigenvalue weighted by Crippen LogP contribution is -2.50. The average molecular weight is 623 g/mol. The lowest BCUT2D eigenvalue weighted by molar-refractivity contribution is -0.153. The van der Waals surface area contributed by atoms with Crippen molar-refractivity contribution in [2.75, 3.05) is 13.1 Å². The van der Waals surface area contributed by atoms with Crippen LogP contribution in [0.5, 0.6) is 5.75 Å². The molecule has 3 heterocycles. The first-order valence-electron chi connectivity index (χ1n) is 14.0. The van der Waals surface area contributed by atoms with Gasteiger partial charge in [0.25, 0.3) is 5.91 Å². The largest absolute Gasteiger partial charge is 0.487 e. The van der Waals surface area contributed by atoms with Crippen LogP contribution in [0.25, 0.3) is 0 Å². The third kappa shape index (κ3) is 5.23. The molecule has 3 aromatic rings. The molecule has 2 amide bonds. The first-order chi connectivity index (χ1) is 19.8. The summed E-state index contributed by atoms with van der Waals surface area (Å²) in [4.78, 5) is 43.4. The van der Waals surface area contributed by atoms with E-state index in [9.17, 15) is 19.5 Å². The predicted octanol–water partition coefficient (Wildman–Crippen LogP) is 4.13. The predicted molar refractivity (Wildman–Crippen MR) is 152 cm³/mol. The number of aromatic nitrogens is 3. The summed E-state index contributed by atoms with van der Waals surface area (Å²) in [5.41, 5.74) is 4.17. The molecule has 0 spiro atoms. The summed E-state index contributed by atoms with van der Waals surface area (Å²) in [6.07, 6.45) is 5.05. The molecule has 214 valence electrons. The van der Waals surface area contributed by atoms with E-state index in [0.717, 1.165) is 34.0 Å². The van der Waals surface area contributed by atoms with E-state index >= 15 is 0 Å². The van der Waals surface area contributed by atoms with E-state index in [0.29, 0.717) is 49.4 Å². The summed E-state index contributed by atoms with van der Waals surface area (Å²) in [5, 5.41) is 18.1. The van der Waals surface area contributed by atoms with Crippen LogP contribution in [0.4, 0.5) is 0 Å². The number of hydrogen-bond donors (Lipinski definition) is 1. The van der Waals surface area contributed by atoms with E-state index in [1.54, 1.807) is 22.8 Å². The molecular formula is C30H32BrN5O5. The second kappa shape index (κ2) is 11.3. The van der Waals surface area contributed by atoms with Crippen molar-refractivity contribution in [1.29, 1.82) is 0 Å². The minimum absolute atomic E-state index is 0.0711. The molecule has 10 nitrogen and oxygen atoms in total. The molecule has 1 aliphatic carbocycles. The fourth-order valence-electron chi connectivity index (χ4n) is 6.58. The third-order valence-electron chi connectivity index (χ3n) is 8.57. The van der Waals surface area contributed by atoms with E-state index in [1.165, 1.54) is 0 Å².